The van der Waals surface area contributed by atoms with Crippen molar-refractivity contribution in [3.8, 4) is 11.5 Å². The number of ether oxygens (including phenoxy) is 2. The van der Waals surface area contributed by atoms with Gasteiger partial charge in [0.1, 0.15) is 17.6 Å². The molecule has 0 aliphatic carbocycles. The summed E-state index contributed by atoms with van der Waals surface area (Å²) < 4.78 is 11.3. The summed E-state index contributed by atoms with van der Waals surface area (Å²) in [6.07, 6.45) is 1.48. The minimum atomic E-state index is -0.0358. The molecule has 1 aliphatic rings. The van der Waals surface area contributed by atoms with Gasteiger partial charge in [-0.05, 0) is 27.0 Å². The van der Waals surface area contributed by atoms with Crippen LogP contribution in [0, 0.1) is 0 Å². The van der Waals surface area contributed by atoms with Gasteiger partial charge in [-0.1, -0.05) is 0 Å². The molecule has 1 atom stereocenters. The zero-order valence-corrected chi connectivity index (χ0v) is 13.5. The first-order valence-electron chi connectivity index (χ1n) is 7.04. The Labute approximate surface area is 131 Å². The molecular weight excluding hydrogens is 292 g/mol. The van der Waals surface area contributed by atoms with E-state index in [0.29, 0.717) is 31.0 Å². The number of carbonyl (C=O) groups is 1. The number of carbonyl (C=O) groups excluding carboxylic acids is 1. The molecule has 0 fully saturated rings. The summed E-state index contributed by atoms with van der Waals surface area (Å²) in [5.74, 6) is 1.51. The lowest BCUT2D eigenvalue weighted by Gasteiger charge is -2.13. The maximum atomic E-state index is 11.8. The van der Waals surface area contributed by atoms with Gasteiger partial charge in [0.2, 0.25) is 5.91 Å². The minimum Gasteiger partial charge on any atom is -0.492 e. The molecule has 1 unspecified atom stereocenters. The number of amides is 1. The van der Waals surface area contributed by atoms with Crippen molar-refractivity contribution in [2.75, 3.05) is 25.5 Å². The number of fused-ring (bicyclic) bond motifs is 1. The second-order valence-electron chi connectivity index (χ2n) is 4.92. The van der Waals surface area contributed by atoms with Crippen molar-refractivity contribution in [1.29, 1.82) is 0 Å². The zero-order chi connectivity index (χ0) is 14.5. The van der Waals surface area contributed by atoms with Gasteiger partial charge in [-0.2, -0.15) is 0 Å². The van der Waals surface area contributed by atoms with Gasteiger partial charge in [0.05, 0.1) is 12.3 Å². The van der Waals surface area contributed by atoms with Crippen LogP contribution in [0.2, 0.25) is 0 Å². The van der Waals surface area contributed by atoms with Gasteiger partial charge in [-0.25, -0.2) is 0 Å². The Hall–Kier alpha value is -1.46. The van der Waals surface area contributed by atoms with Crippen molar-refractivity contribution in [2.45, 2.75) is 32.8 Å². The molecule has 6 heteroatoms. The van der Waals surface area contributed by atoms with Crippen LogP contribution in [-0.2, 0) is 11.2 Å². The van der Waals surface area contributed by atoms with E-state index in [-0.39, 0.29) is 24.4 Å². The van der Waals surface area contributed by atoms with Crippen LogP contribution in [0.1, 0.15) is 25.8 Å². The maximum absolute atomic E-state index is 11.8. The molecule has 118 valence electrons. The quantitative estimate of drug-likeness (QED) is 0.846. The molecule has 1 heterocycles. The summed E-state index contributed by atoms with van der Waals surface area (Å²) in [6.45, 7) is 5.17. The molecule has 0 saturated carbocycles. The lowest BCUT2D eigenvalue weighted by molar-refractivity contribution is -0.116. The van der Waals surface area contributed by atoms with E-state index in [1.54, 1.807) is 0 Å². The molecule has 0 radical (unpaired) electrons. The molecule has 2 rings (SSSR count). The molecule has 5 nitrogen and oxygen atoms in total. The third-order valence-electron chi connectivity index (χ3n) is 3.17. The molecule has 0 aromatic heterocycles. The number of nitrogens with one attached hydrogen (secondary N) is 2. The van der Waals surface area contributed by atoms with Crippen molar-refractivity contribution >= 4 is 24.0 Å². The minimum absolute atomic E-state index is 0. The highest BCUT2D eigenvalue weighted by Gasteiger charge is 2.22. The van der Waals surface area contributed by atoms with Crippen molar-refractivity contribution in [3.63, 3.8) is 0 Å². The van der Waals surface area contributed by atoms with E-state index in [1.807, 2.05) is 33.0 Å². The Morgan fingerprint density at radius 2 is 2.24 bits per heavy atom. The Balaban J connectivity index is 0.00000220. The van der Waals surface area contributed by atoms with Gasteiger partial charge >= 0.3 is 0 Å². The van der Waals surface area contributed by atoms with Gasteiger partial charge < -0.3 is 20.1 Å². The normalized spacial score (nSPS) is 15.7. The molecule has 21 heavy (non-hydrogen) atoms. The average Bonchev–Trinajstić information content (AvgIpc) is 2.76. The monoisotopic (exact) mass is 314 g/mol. The van der Waals surface area contributed by atoms with Crippen molar-refractivity contribution in [1.82, 2.24) is 5.32 Å². The number of hydrogen-bond donors (Lipinski definition) is 2. The summed E-state index contributed by atoms with van der Waals surface area (Å²) in [5.41, 5.74) is 1.81. The Bertz CT molecular complexity index is 494. The molecule has 1 amide bonds. The van der Waals surface area contributed by atoms with E-state index in [9.17, 15) is 4.79 Å². The SMILES string of the molecule is CCOc1cc2c(cc1NC(=O)CCNC)OC(C)C2.Cl. The van der Waals surface area contributed by atoms with Crippen molar-refractivity contribution < 1.29 is 14.3 Å². The molecule has 1 aromatic carbocycles. The number of benzene rings is 1. The fourth-order valence-electron chi connectivity index (χ4n) is 2.26. The molecule has 0 bridgehead atoms. The van der Waals surface area contributed by atoms with Crippen LogP contribution in [0.4, 0.5) is 5.69 Å². The summed E-state index contributed by atoms with van der Waals surface area (Å²) in [6, 6.07) is 3.83. The highest BCUT2D eigenvalue weighted by atomic mass is 35.5. The zero-order valence-electron chi connectivity index (χ0n) is 12.7. The van der Waals surface area contributed by atoms with Gasteiger partial charge in [0, 0.05) is 31.0 Å². The summed E-state index contributed by atoms with van der Waals surface area (Å²) >= 11 is 0. The van der Waals surface area contributed by atoms with E-state index in [0.717, 1.165) is 17.7 Å². The number of anilines is 1. The topological polar surface area (TPSA) is 59.6 Å². The maximum Gasteiger partial charge on any atom is 0.225 e. The summed E-state index contributed by atoms with van der Waals surface area (Å²) in [5, 5.41) is 5.85. The fraction of sp³-hybridized carbons (Fsp3) is 0.533. The third-order valence-corrected chi connectivity index (χ3v) is 3.17. The highest BCUT2D eigenvalue weighted by molar-refractivity contribution is 5.92. The number of halogens is 1. The fourth-order valence-corrected chi connectivity index (χ4v) is 2.26. The standard InChI is InChI=1S/C15H22N2O3.ClH/c1-4-19-14-8-11-7-10(2)20-13(11)9-12(14)17-15(18)5-6-16-3;/h8-10,16H,4-7H2,1-3H3,(H,17,18);1H. The third kappa shape index (κ3) is 4.51. The van der Waals surface area contributed by atoms with Crippen molar-refractivity contribution in [2.24, 2.45) is 0 Å². The van der Waals surface area contributed by atoms with Crippen LogP contribution in [0.25, 0.3) is 0 Å². The van der Waals surface area contributed by atoms with E-state index in [1.165, 1.54) is 0 Å². The van der Waals surface area contributed by atoms with Crippen LogP contribution in [-0.4, -0.2) is 32.2 Å². The molecule has 1 aliphatic heterocycles. The lowest BCUT2D eigenvalue weighted by Crippen LogP contribution is -2.19. The van der Waals surface area contributed by atoms with Crippen LogP contribution < -0.4 is 20.1 Å². The van der Waals surface area contributed by atoms with E-state index in [2.05, 4.69) is 10.6 Å². The van der Waals surface area contributed by atoms with Gasteiger partial charge in [0.25, 0.3) is 0 Å². The summed E-state index contributed by atoms with van der Waals surface area (Å²) in [4.78, 5) is 11.8. The first kappa shape index (κ1) is 17.6. The molecule has 2 N–H and O–H groups in total. The summed E-state index contributed by atoms with van der Waals surface area (Å²) in [7, 11) is 1.82. The van der Waals surface area contributed by atoms with Crippen LogP contribution in [0.15, 0.2) is 12.1 Å². The number of rotatable bonds is 6. The van der Waals surface area contributed by atoms with Crippen LogP contribution >= 0.6 is 12.4 Å². The molecule has 1 aromatic rings. The highest BCUT2D eigenvalue weighted by Crippen LogP contribution is 2.38. The Kier molecular flexibility index (Phi) is 6.78. The predicted octanol–water partition coefficient (Wildman–Crippen LogP) is 2.38. The lowest BCUT2D eigenvalue weighted by atomic mass is 10.1. The first-order chi connectivity index (χ1) is 9.63. The van der Waals surface area contributed by atoms with Crippen molar-refractivity contribution in [3.05, 3.63) is 17.7 Å². The van der Waals surface area contributed by atoms with Gasteiger partial charge in [-0.15, -0.1) is 12.4 Å². The second kappa shape index (κ2) is 8.10. The van der Waals surface area contributed by atoms with E-state index >= 15 is 0 Å². The molecule has 0 spiro atoms. The van der Waals surface area contributed by atoms with Crippen LogP contribution in [0.5, 0.6) is 11.5 Å². The smallest absolute Gasteiger partial charge is 0.225 e. The van der Waals surface area contributed by atoms with Gasteiger partial charge in [-0.3, -0.25) is 4.79 Å². The molecular formula is C15H23ClN2O3. The Morgan fingerprint density at radius 1 is 1.48 bits per heavy atom. The van der Waals surface area contributed by atoms with E-state index < -0.39 is 0 Å². The second-order valence-corrected chi connectivity index (χ2v) is 4.92. The predicted molar refractivity (Wildman–Crippen MR) is 85.8 cm³/mol. The van der Waals surface area contributed by atoms with E-state index in [4.69, 9.17) is 9.47 Å². The average molecular weight is 315 g/mol. The Morgan fingerprint density at radius 3 is 2.90 bits per heavy atom. The molecule has 0 saturated heterocycles. The largest absolute Gasteiger partial charge is 0.492 e. The van der Waals surface area contributed by atoms with Crippen LogP contribution in [0.3, 0.4) is 0 Å². The number of hydrogen-bond acceptors (Lipinski definition) is 4. The first-order valence-corrected chi connectivity index (χ1v) is 7.04. The van der Waals surface area contributed by atoms with Gasteiger partial charge in [0.15, 0.2) is 0 Å².